The number of aromatic nitrogens is 2. The lowest BCUT2D eigenvalue weighted by Gasteiger charge is -2.26. The first-order valence-corrected chi connectivity index (χ1v) is 15.1. The minimum atomic E-state index is 0.126. The monoisotopic (exact) mass is 558 g/mol. The van der Waals surface area contributed by atoms with Crippen LogP contribution in [-0.2, 0) is 22.4 Å². The van der Waals surface area contributed by atoms with Gasteiger partial charge in [-0.2, -0.15) is 0 Å². The highest BCUT2D eigenvalue weighted by atomic mass is 16.5. The summed E-state index contributed by atoms with van der Waals surface area (Å²) in [7, 11) is 0. The van der Waals surface area contributed by atoms with Gasteiger partial charge in [-0.3, -0.25) is 9.69 Å². The Labute approximate surface area is 245 Å². The van der Waals surface area contributed by atoms with Crippen molar-refractivity contribution in [3.63, 3.8) is 0 Å². The molecule has 41 heavy (non-hydrogen) atoms. The fourth-order valence-corrected chi connectivity index (χ4v) is 5.36. The van der Waals surface area contributed by atoms with Crippen molar-refractivity contribution in [2.24, 2.45) is 0 Å². The fraction of sp³-hybridized carbons (Fsp3) is 0.485. The number of benzene rings is 2. The topological polar surface area (TPSA) is 82.6 Å². The highest BCUT2D eigenvalue weighted by Gasteiger charge is 2.20. The van der Waals surface area contributed by atoms with E-state index in [-0.39, 0.29) is 5.91 Å². The first kappa shape index (κ1) is 30.6. The Morgan fingerprint density at radius 1 is 0.976 bits per heavy atom. The van der Waals surface area contributed by atoms with Crippen molar-refractivity contribution in [3.05, 3.63) is 71.3 Å². The number of carbonyl (C=O) groups is 1. The molecule has 0 saturated carbocycles. The van der Waals surface area contributed by atoms with Crippen molar-refractivity contribution in [3.8, 4) is 11.3 Å². The van der Waals surface area contributed by atoms with Gasteiger partial charge in [-0.05, 0) is 68.1 Å². The number of nitrogens with one attached hydrogen (secondary N) is 2. The van der Waals surface area contributed by atoms with Crippen molar-refractivity contribution in [2.75, 3.05) is 69.7 Å². The van der Waals surface area contributed by atoms with Gasteiger partial charge in [0, 0.05) is 44.0 Å². The molecule has 8 nitrogen and oxygen atoms in total. The molecule has 1 amide bonds. The third-order valence-electron chi connectivity index (χ3n) is 7.54. The Bertz CT molecular complexity index is 1220. The summed E-state index contributed by atoms with van der Waals surface area (Å²) < 4.78 is 5.35. The molecule has 0 radical (unpaired) electrons. The van der Waals surface area contributed by atoms with E-state index in [2.05, 4.69) is 75.7 Å². The lowest BCUT2D eigenvalue weighted by atomic mass is 10.0. The summed E-state index contributed by atoms with van der Waals surface area (Å²) in [5, 5.41) is 15.0. The van der Waals surface area contributed by atoms with Crippen LogP contribution in [0, 0.1) is 6.92 Å². The Morgan fingerprint density at radius 2 is 1.73 bits per heavy atom. The lowest BCUT2D eigenvalue weighted by molar-refractivity contribution is -0.115. The van der Waals surface area contributed by atoms with Crippen molar-refractivity contribution in [2.45, 2.75) is 46.5 Å². The zero-order valence-electron chi connectivity index (χ0n) is 25.0. The first-order valence-electron chi connectivity index (χ1n) is 15.1. The molecule has 8 heteroatoms. The number of anilines is 2. The average molecular weight is 559 g/mol. The van der Waals surface area contributed by atoms with E-state index in [1.54, 1.807) is 0 Å². The van der Waals surface area contributed by atoms with Gasteiger partial charge < -0.3 is 20.3 Å². The first-order chi connectivity index (χ1) is 20.1. The van der Waals surface area contributed by atoms with E-state index in [0.29, 0.717) is 6.42 Å². The molecule has 3 aromatic rings. The summed E-state index contributed by atoms with van der Waals surface area (Å²) in [5.41, 5.74) is 6.68. The second-order valence-electron chi connectivity index (χ2n) is 10.8. The van der Waals surface area contributed by atoms with Gasteiger partial charge in [0.15, 0.2) is 5.82 Å². The SMILES string of the molecule is CCCN(CCC)CCc1cccc2c1CC(=O)N2.Cc1cc(-c2ccccc2)nnc1NCCN1CCOCC1. The van der Waals surface area contributed by atoms with Crippen LogP contribution >= 0.6 is 0 Å². The lowest BCUT2D eigenvalue weighted by Crippen LogP contribution is -2.39. The summed E-state index contributed by atoms with van der Waals surface area (Å²) in [6.07, 6.45) is 3.99. The van der Waals surface area contributed by atoms with E-state index in [9.17, 15) is 4.79 Å². The maximum atomic E-state index is 11.5. The van der Waals surface area contributed by atoms with Crippen LogP contribution in [0.4, 0.5) is 11.5 Å². The molecular weight excluding hydrogens is 512 g/mol. The van der Waals surface area contributed by atoms with Gasteiger partial charge in [-0.15, -0.1) is 10.2 Å². The fourth-order valence-electron chi connectivity index (χ4n) is 5.36. The molecule has 2 N–H and O–H groups in total. The van der Waals surface area contributed by atoms with E-state index < -0.39 is 0 Å². The average Bonchev–Trinajstić information content (AvgIpc) is 3.39. The van der Waals surface area contributed by atoms with Gasteiger partial charge >= 0.3 is 0 Å². The molecule has 2 aliphatic heterocycles. The van der Waals surface area contributed by atoms with Crippen LogP contribution in [0.5, 0.6) is 0 Å². The van der Waals surface area contributed by atoms with Crippen LogP contribution in [-0.4, -0.2) is 84.9 Å². The quantitative estimate of drug-likeness (QED) is 0.322. The van der Waals surface area contributed by atoms with Crippen molar-refractivity contribution < 1.29 is 9.53 Å². The summed E-state index contributed by atoms with van der Waals surface area (Å²) in [6.45, 7) is 15.5. The van der Waals surface area contributed by atoms with Gasteiger partial charge in [0.25, 0.3) is 0 Å². The maximum absolute atomic E-state index is 11.5. The molecule has 5 rings (SSSR count). The molecule has 0 atom stereocenters. The summed E-state index contributed by atoms with van der Waals surface area (Å²) in [5.74, 6) is 0.995. The molecular formula is C33H46N6O2. The van der Waals surface area contributed by atoms with Crippen molar-refractivity contribution in [1.29, 1.82) is 0 Å². The van der Waals surface area contributed by atoms with Crippen LogP contribution in [0.1, 0.15) is 43.4 Å². The Morgan fingerprint density at radius 3 is 2.44 bits per heavy atom. The maximum Gasteiger partial charge on any atom is 0.228 e. The molecule has 1 saturated heterocycles. The standard InChI is InChI=1S/C17H22N4O.C16H24N2O/c1-14-13-16(15-5-3-2-4-6-15)19-20-17(14)18-7-8-21-9-11-22-12-10-21;1-3-9-18(10-4-2)11-8-13-6-5-7-15-14(13)12-16(19)17-15/h2-6,13H,7-12H2,1H3,(H,18,20);5-7H,3-4,8-12H2,1-2H3,(H,17,19). The van der Waals surface area contributed by atoms with E-state index in [0.717, 1.165) is 80.7 Å². The molecule has 1 aromatic heterocycles. The highest BCUT2D eigenvalue weighted by molar-refractivity contribution is 5.99. The van der Waals surface area contributed by atoms with E-state index >= 15 is 0 Å². The van der Waals surface area contributed by atoms with Crippen LogP contribution in [0.25, 0.3) is 11.3 Å². The molecule has 2 aromatic carbocycles. The smallest absolute Gasteiger partial charge is 0.228 e. The zero-order valence-corrected chi connectivity index (χ0v) is 25.0. The number of amides is 1. The normalized spacial score (nSPS) is 14.8. The Balaban J connectivity index is 0.000000191. The number of rotatable bonds is 12. The van der Waals surface area contributed by atoms with E-state index in [4.69, 9.17) is 4.74 Å². The van der Waals surface area contributed by atoms with Crippen LogP contribution in [0.2, 0.25) is 0 Å². The molecule has 0 aliphatic carbocycles. The Hall–Kier alpha value is -3.33. The van der Waals surface area contributed by atoms with Gasteiger partial charge in [-0.25, -0.2) is 0 Å². The molecule has 2 aliphatic rings. The molecule has 0 unspecified atom stereocenters. The zero-order chi connectivity index (χ0) is 28.9. The number of hydrogen-bond donors (Lipinski definition) is 2. The van der Waals surface area contributed by atoms with E-state index in [1.807, 2.05) is 30.3 Å². The molecule has 220 valence electrons. The van der Waals surface area contributed by atoms with Gasteiger partial charge in [-0.1, -0.05) is 56.3 Å². The summed E-state index contributed by atoms with van der Waals surface area (Å²) in [4.78, 5) is 16.4. The van der Waals surface area contributed by atoms with Gasteiger partial charge in [0.1, 0.15) is 0 Å². The number of nitrogens with zero attached hydrogens (tertiary/aromatic N) is 4. The number of ether oxygens (including phenoxy) is 1. The highest BCUT2D eigenvalue weighted by Crippen LogP contribution is 2.26. The number of aryl methyl sites for hydroxylation is 1. The largest absolute Gasteiger partial charge is 0.379 e. The third-order valence-corrected chi connectivity index (χ3v) is 7.54. The molecule has 0 spiro atoms. The molecule has 1 fully saturated rings. The van der Waals surface area contributed by atoms with Crippen LogP contribution in [0.3, 0.4) is 0 Å². The van der Waals surface area contributed by atoms with Gasteiger partial charge in [0.05, 0.1) is 25.3 Å². The number of carbonyl (C=O) groups excluding carboxylic acids is 1. The van der Waals surface area contributed by atoms with E-state index in [1.165, 1.54) is 37.1 Å². The predicted octanol–water partition coefficient (Wildman–Crippen LogP) is 5.04. The minimum Gasteiger partial charge on any atom is -0.379 e. The minimum absolute atomic E-state index is 0.126. The number of hydrogen-bond acceptors (Lipinski definition) is 7. The predicted molar refractivity (Wildman–Crippen MR) is 167 cm³/mol. The third kappa shape index (κ3) is 9.35. The molecule has 3 heterocycles. The number of morpholine rings is 1. The van der Waals surface area contributed by atoms with Crippen LogP contribution < -0.4 is 10.6 Å². The molecule has 0 bridgehead atoms. The summed E-state index contributed by atoms with van der Waals surface area (Å²) >= 11 is 0. The second-order valence-corrected chi connectivity index (χ2v) is 10.8. The Kier molecular flexibility index (Phi) is 12.1. The van der Waals surface area contributed by atoms with Crippen LogP contribution in [0.15, 0.2) is 54.6 Å². The number of fused-ring (bicyclic) bond motifs is 1. The van der Waals surface area contributed by atoms with Gasteiger partial charge in [0.2, 0.25) is 5.91 Å². The summed E-state index contributed by atoms with van der Waals surface area (Å²) in [6, 6.07) is 18.4. The van der Waals surface area contributed by atoms with Crippen molar-refractivity contribution >= 4 is 17.4 Å². The van der Waals surface area contributed by atoms with Crippen molar-refractivity contribution in [1.82, 2.24) is 20.0 Å². The second kappa shape index (κ2) is 16.2.